The molecule has 8 heteroatoms. The van der Waals surface area contributed by atoms with Crippen LogP contribution in [0.3, 0.4) is 0 Å². The minimum Gasteiger partial charge on any atom is -0.486 e. The molecule has 2 heterocycles. The molecule has 0 aliphatic carbocycles. The van der Waals surface area contributed by atoms with Gasteiger partial charge in [0.1, 0.15) is 13.2 Å². The molecule has 1 N–H and O–H groups in total. The monoisotopic (exact) mass is 404 g/mol. The van der Waals surface area contributed by atoms with Crippen LogP contribution in [-0.4, -0.2) is 32.1 Å². The molecule has 0 bridgehead atoms. The van der Waals surface area contributed by atoms with Crippen molar-refractivity contribution in [1.82, 2.24) is 5.43 Å². The normalized spacial score (nSPS) is 14.6. The number of carbonyl (C=O) groups is 1. The Balaban J connectivity index is 1.46. The first kappa shape index (κ1) is 15.8. The first-order valence-electron chi connectivity index (χ1n) is 7.53. The van der Waals surface area contributed by atoms with Gasteiger partial charge in [-0.1, -0.05) is 0 Å². The Morgan fingerprint density at radius 2 is 1.72 bits per heavy atom. The molecular formula is C17H13BrN2O5. The zero-order valence-electron chi connectivity index (χ0n) is 13.0. The van der Waals surface area contributed by atoms with E-state index in [0.29, 0.717) is 41.8 Å². The van der Waals surface area contributed by atoms with Crippen LogP contribution in [0.5, 0.6) is 23.0 Å². The fraction of sp³-hybridized carbons (Fsp3) is 0.176. The number of amides is 1. The van der Waals surface area contributed by atoms with Gasteiger partial charge in [-0.3, -0.25) is 4.79 Å². The van der Waals surface area contributed by atoms with Gasteiger partial charge in [-0.15, -0.1) is 0 Å². The van der Waals surface area contributed by atoms with Gasteiger partial charge in [-0.05, 0) is 46.3 Å². The lowest BCUT2D eigenvalue weighted by molar-refractivity contribution is 0.0954. The van der Waals surface area contributed by atoms with Crippen molar-refractivity contribution in [2.24, 2.45) is 5.10 Å². The van der Waals surface area contributed by atoms with Crippen LogP contribution in [0.25, 0.3) is 0 Å². The molecule has 4 rings (SSSR count). The molecule has 2 aromatic rings. The smallest absolute Gasteiger partial charge is 0.271 e. The van der Waals surface area contributed by atoms with Crippen molar-refractivity contribution in [3.05, 3.63) is 45.9 Å². The summed E-state index contributed by atoms with van der Waals surface area (Å²) in [6, 6.07) is 8.59. The molecule has 25 heavy (non-hydrogen) atoms. The number of benzene rings is 2. The van der Waals surface area contributed by atoms with Gasteiger partial charge in [0.2, 0.25) is 6.79 Å². The summed E-state index contributed by atoms with van der Waals surface area (Å²) in [5.41, 5.74) is 3.68. The van der Waals surface area contributed by atoms with E-state index in [1.807, 2.05) is 0 Å². The number of hydrogen-bond acceptors (Lipinski definition) is 6. The van der Waals surface area contributed by atoms with Gasteiger partial charge in [-0.25, -0.2) is 5.43 Å². The highest BCUT2D eigenvalue weighted by Crippen LogP contribution is 2.36. The Hall–Kier alpha value is -2.74. The molecule has 0 aromatic heterocycles. The maximum absolute atomic E-state index is 12.2. The number of rotatable bonds is 3. The van der Waals surface area contributed by atoms with Gasteiger partial charge in [-0.2, -0.15) is 5.10 Å². The van der Waals surface area contributed by atoms with E-state index in [1.165, 1.54) is 6.21 Å². The zero-order valence-corrected chi connectivity index (χ0v) is 14.5. The van der Waals surface area contributed by atoms with E-state index >= 15 is 0 Å². The number of nitrogens with zero attached hydrogens (tertiary/aromatic N) is 1. The van der Waals surface area contributed by atoms with Crippen LogP contribution in [0, 0.1) is 0 Å². The molecule has 2 aliphatic heterocycles. The lowest BCUT2D eigenvalue weighted by Crippen LogP contribution is -2.19. The largest absolute Gasteiger partial charge is 0.486 e. The summed E-state index contributed by atoms with van der Waals surface area (Å²) in [4.78, 5) is 12.2. The lowest BCUT2D eigenvalue weighted by atomic mass is 10.2. The summed E-state index contributed by atoms with van der Waals surface area (Å²) in [5.74, 6) is 2.16. The van der Waals surface area contributed by atoms with Gasteiger partial charge >= 0.3 is 0 Å². The molecule has 2 aliphatic rings. The molecule has 0 spiro atoms. The summed E-state index contributed by atoms with van der Waals surface area (Å²) < 4.78 is 22.3. The number of ether oxygens (including phenoxy) is 4. The second kappa shape index (κ2) is 6.64. The average molecular weight is 405 g/mol. The zero-order chi connectivity index (χ0) is 17.2. The molecule has 0 saturated heterocycles. The maximum atomic E-state index is 12.2. The standard InChI is InChI=1S/C17H13BrN2O5/c18-12-7-16-15(24-9-25-16)6-11(12)8-19-20-17(21)10-1-2-13-14(5-10)23-4-3-22-13/h1-2,5-8H,3-4,9H2,(H,20,21). The fourth-order valence-electron chi connectivity index (χ4n) is 2.44. The quantitative estimate of drug-likeness (QED) is 0.628. The van der Waals surface area contributed by atoms with Crippen LogP contribution in [0.15, 0.2) is 39.9 Å². The maximum Gasteiger partial charge on any atom is 0.271 e. The first-order chi connectivity index (χ1) is 12.2. The van der Waals surface area contributed by atoms with Crippen molar-refractivity contribution in [3.8, 4) is 23.0 Å². The van der Waals surface area contributed by atoms with E-state index < -0.39 is 0 Å². The Morgan fingerprint density at radius 3 is 2.56 bits per heavy atom. The summed E-state index contributed by atoms with van der Waals surface area (Å²) in [5, 5.41) is 3.99. The van der Waals surface area contributed by atoms with E-state index in [-0.39, 0.29) is 12.7 Å². The molecule has 128 valence electrons. The molecule has 0 saturated carbocycles. The second-order valence-electron chi connectivity index (χ2n) is 5.28. The Kier molecular flexibility index (Phi) is 4.19. The molecule has 0 radical (unpaired) electrons. The molecule has 2 aromatic carbocycles. The molecule has 0 unspecified atom stereocenters. The van der Waals surface area contributed by atoms with Gasteiger partial charge in [0.05, 0.1) is 6.21 Å². The number of fused-ring (bicyclic) bond motifs is 2. The Labute approximate surface area is 151 Å². The van der Waals surface area contributed by atoms with Crippen LogP contribution in [-0.2, 0) is 0 Å². The van der Waals surface area contributed by atoms with E-state index in [9.17, 15) is 4.79 Å². The Bertz CT molecular complexity index is 868. The lowest BCUT2D eigenvalue weighted by Gasteiger charge is -2.18. The van der Waals surface area contributed by atoms with E-state index in [0.717, 1.165) is 10.0 Å². The summed E-state index contributed by atoms with van der Waals surface area (Å²) in [6.45, 7) is 1.17. The first-order valence-corrected chi connectivity index (χ1v) is 8.32. The highest BCUT2D eigenvalue weighted by atomic mass is 79.9. The highest BCUT2D eigenvalue weighted by Gasteiger charge is 2.16. The van der Waals surface area contributed by atoms with Crippen molar-refractivity contribution in [3.63, 3.8) is 0 Å². The number of nitrogens with one attached hydrogen (secondary N) is 1. The predicted molar refractivity (Wildman–Crippen MR) is 92.8 cm³/mol. The molecule has 0 fully saturated rings. The van der Waals surface area contributed by atoms with E-state index in [1.54, 1.807) is 30.3 Å². The predicted octanol–water partition coefficient (Wildman–Crippen LogP) is 2.71. The average Bonchev–Trinajstić information content (AvgIpc) is 3.08. The van der Waals surface area contributed by atoms with Crippen LogP contribution in [0.2, 0.25) is 0 Å². The van der Waals surface area contributed by atoms with Gasteiger partial charge in [0, 0.05) is 15.6 Å². The number of carbonyl (C=O) groups excluding carboxylic acids is 1. The molecular weight excluding hydrogens is 392 g/mol. The SMILES string of the molecule is O=C(NN=Cc1cc2c(cc1Br)OCO2)c1ccc2c(c1)OCCO2. The minimum absolute atomic E-state index is 0.198. The van der Waals surface area contributed by atoms with Crippen LogP contribution < -0.4 is 24.4 Å². The third-order valence-corrected chi connectivity index (χ3v) is 4.35. The third kappa shape index (κ3) is 3.25. The van der Waals surface area contributed by atoms with Crippen molar-refractivity contribution >= 4 is 28.1 Å². The molecule has 1 amide bonds. The molecule has 0 atom stereocenters. The third-order valence-electron chi connectivity index (χ3n) is 3.67. The van der Waals surface area contributed by atoms with Crippen molar-refractivity contribution in [1.29, 1.82) is 0 Å². The minimum atomic E-state index is -0.343. The van der Waals surface area contributed by atoms with Crippen LogP contribution >= 0.6 is 15.9 Å². The summed E-state index contributed by atoms with van der Waals surface area (Å²) in [6.07, 6.45) is 1.53. The van der Waals surface area contributed by atoms with Crippen molar-refractivity contribution in [2.75, 3.05) is 20.0 Å². The summed E-state index contributed by atoms with van der Waals surface area (Å²) >= 11 is 3.43. The summed E-state index contributed by atoms with van der Waals surface area (Å²) in [7, 11) is 0. The second-order valence-corrected chi connectivity index (χ2v) is 6.14. The van der Waals surface area contributed by atoms with Crippen molar-refractivity contribution < 1.29 is 23.7 Å². The Morgan fingerprint density at radius 1 is 1.00 bits per heavy atom. The number of hydrazone groups is 1. The van der Waals surface area contributed by atoms with Gasteiger partial charge in [0.25, 0.3) is 5.91 Å². The van der Waals surface area contributed by atoms with Crippen LogP contribution in [0.1, 0.15) is 15.9 Å². The fourth-order valence-corrected chi connectivity index (χ4v) is 2.87. The van der Waals surface area contributed by atoms with Crippen molar-refractivity contribution in [2.45, 2.75) is 0 Å². The molecule has 7 nitrogen and oxygen atoms in total. The van der Waals surface area contributed by atoms with Gasteiger partial charge in [0.15, 0.2) is 23.0 Å². The van der Waals surface area contributed by atoms with Crippen LogP contribution in [0.4, 0.5) is 0 Å². The topological polar surface area (TPSA) is 78.4 Å². The highest BCUT2D eigenvalue weighted by molar-refractivity contribution is 9.10. The number of hydrogen-bond donors (Lipinski definition) is 1. The van der Waals surface area contributed by atoms with E-state index in [4.69, 9.17) is 18.9 Å². The van der Waals surface area contributed by atoms with Gasteiger partial charge < -0.3 is 18.9 Å². The van der Waals surface area contributed by atoms with E-state index in [2.05, 4.69) is 26.5 Å². The number of halogens is 1.